The minimum absolute atomic E-state index is 0. The third-order valence-electron chi connectivity index (χ3n) is 1.94. The molecule has 1 heterocycles. The van der Waals surface area contributed by atoms with Crippen molar-refractivity contribution < 1.29 is 9.47 Å². The maximum Gasteiger partial charge on any atom is 0.0667 e. The lowest BCUT2D eigenvalue weighted by molar-refractivity contribution is 0.00443. The maximum atomic E-state index is 5.06. The van der Waals surface area contributed by atoms with Crippen LogP contribution in [0.25, 0.3) is 0 Å². The smallest absolute Gasteiger partial charge is 0.0667 e. The van der Waals surface area contributed by atoms with Crippen molar-refractivity contribution in [1.29, 1.82) is 0 Å². The topological polar surface area (TPSA) is 30.5 Å². The summed E-state index contributed by atoms with van der Waals surface area (Å²) in [6.45, 7) is 2.59. The van der Waals surface area contributed by atoms with Crippen molar-refractivity contribution in [2.45, 2.75) is 12.0 Å². The molecule has 0 atom stereocenters. The van der Waals surface area contributed by atoms with Gasteiger partial charge in [-0.2, -0.15) is 0 Å². The van der Waals surface area contributed by atoms with E-state index in [1.807, 2.05) is 0 Å². The molecule has 0 unspecified atom stereocenters. The molecule has 0 saturated carbocycles. The van der Waals surface area contributed by atoms with Crippen LogP contribution in [0.1, 0.15) is 6.42 Å². The summed E-state index contributed by atoms with van der Waals surface area (Å²) in [6.07, 6.45) is 1.16. The van der Waals surface area contributed by atoms with Crippen LogP contribution in [0.4, 0.5) is 0 Å². The Bertz CT molecular complexity index is 98.6. The second kappa shape index (κ2) is 4.93. The van der Waals surface area contributed by atoms with Crippen molar-refractivity contribution in [3.8, 4) is 0 Å². The number of methoxy groups -OCH3 is 2. The first-order valence-corrected chi connectivity index (χ1v) is 3.56. The molecule has 3 nitrogen and oxygen atoms in total. The molecule has 11 heavy (non-hydrogen) atoms. The first kappa shape index (κ1) is 11.2. The third kappa shape index (κ3) is 2.60. The fourth-order valence-electron chi connectivity index (χ4n) is 1.32. The molecule has 0 amide bonds. The van der Waals surface area contributed by atoms with Crippen molar-refractivity contribution >= 4 is 12.4 Å². The average Bonchev–Trinajstić information content (AvgIpc) is 1.84. The Morgan fingerprint density at radius 3 is 1.91 bits per heavy atom. The van der Waals surface area contributed by atoms with Crippen LogP contribution in [-0.2, 0) is 9.47 Å². The fourth-order valence-corrected chi connectivity index (χ4v) is 1.32. The van der Waals surface area contributed by atoms with Crippen molar-refractivity contribution in [3.05, 3.63) is 0 Å². The molecular weight excluding hydrogens is 166 g/mol. The Morgan fingerprint density at radius 1 is 1.27 bits per heavy atom. The van der Waals surface area contributed by atoms with Crippen LogP contribution in [0.5, 0.6) is 0 Å². The molecule has 0 aliphatic carbocycles. The van der Waals surface area contributed by atoms with Gasteiger partial charge >= 0.3 is 0 Å². The lowest BCUT2D eigenvalue weighted by Crippen LogP contribution is -2.62. The van der Waals surface area contributed by atoms with E-state index in [1.54, 1.807) is 14.2 Å². The van der Waals surface area contributed by atoms with Crippen molar-refractivity contribution in [1.82, 2.24) is 5.32 Å². The number of hydrogen-bond acceptors (Lipinski definition) is 3. The second-order valence-corrected chi connectivity index (χ2v) is 2.82. The van der Waals surface area contributed by atoms with E-state index in [9.17, 15) is 0 Å². The summed E-state index contributed by atoms with van der Waals surface area (Å²) in [5.41, 5.74) is 0.128. The number of halogens is 1. The summed E-state index contributed by atoms with van der Waals surface area (Å²) in [5.74, 6) is 0. The Balaban J connectivity index is 0.000001000. The summed E-state index contributed by atoms with van der Waals surface area (Å²) in [7, 11) is 3.44. The Morgan fingerprint density at radius 2 is 1.73 bits per heavy atom. The van der Waals surface area contributed by atoms with Crippen LogP contribution in [-0.4, -0.2) is 39.5 Å². The van der Waals surface area contributed by atoms with Gasteiger partial charge in [0, 0.05) is 14.2 Å². The average molecular weight is 182 g/mol. The summed E-state index contributed by atoms with van der Waals surface area (Å²) >= 11 is 0. The Hall–Kier alpha value is 0.170. The number of ether oxygens (including phenoxy) is 2. The first-order valence-electron chi connectivity index (χ1n) is 3.56. The Kier molecular flexibility index (Phi) is 5.01. The van der Waals surface area contributed by atoms with Crippen LogP contribution in [0.15, 0.2) is 0 Å². The SMILES string of the molecule is COCC1(COC)CCN1.Cl. The molecule has 1 N–H and O–H groups in total. The second-order valence-electron chi connectivity index (χ2n) is 2.82. The number of nitrogens with one attached hydrogen (secondary N) is 1. The van der Waals surface area contributed by atoms with Gasteiger partial charge in [-0.15, -0.1) is 12.4 Å². The highest BCUT2D eigenvalue weighted by Gasteiger charge is 2.36. The van der Waals surface area contributed by atoms with E-state index in [0.717, 1.165) is 26.2 Å². The molecule has 0 aromatic heterocycles. The van der Waals surface area contributed by atoms with E-state index in [0.29, 0.717) is 0 Å². The molecule has 1 saturated heterocycles. The van der Waals surface area contributed by atoms with E-state index < -0.39 is 0 Å². The van der Waals surface area contributed by atoms with E-state index in [2.05, 4.69) is 5.32 Å². The first-order chi connectivity index (χ1) is 4.83. The zero-order valence-corrected chi connectivity index (χ0v) is 7.87. The van der Waals surface area contributed by atoms with E-state index in [4.69, 9.17) is 9.47 Å². The fraction of sp³-hybridized carbons (Fsp3) is 1.00. The van der Waals surface area contributed by atoms with Gasteiger partial charge in [0.05, 0.1) is 18.8 Å². The van der Waals surface area contributed by atoms with Gasteiger partial charge in [0.25, 0.3) is 0 Å². The quantitative estimate of drug-likeness (QED) is 0.683. The minimum Gasteiger partial charge on any atom is -0.383 e. The highest BCUT2D eigenvalue weighted by molar-refractivity contribution is 5.85. The van der Waals surface area contributed by atoms with Gasteiger partial charge in [0.15, 0.2) is 0 Å². The van der Waals surface area contributed by atoms with E-state index in [-0.39, 0.29) is 17.9 Å². The molecule has 0 aromatic rings. The van der Waals surface area contributed by atoms with E-state index in [1.165, 1.54) is 0 Å². The summed E-state index contributed by atoms with van der Waals surface area (Å²) in [4.78, 5) is 0. The molecule has 1 rings (SSSR count). The molecule has 0 spiro atoms. The van der Waals surface area contributed by atoms with Gasteiger partial charge in [-0.05, 0) is 13.0 Å². The monoisotopic (exact) mass is 181 g/mol. The molecule has 0 aromatic carbocycles. The minimum atomic E-state index is 0. The van der Waals surface area contributed by atoms with Crippen LogP contribution in [0.3, 0.4) is 0 Å². The van der Waals surface area contributed by atoms with Gasteiger partial charge < -0.3 is 14.8 Å². The molecule has 4 heteroatoms. The summed E-state index contributed by atoms with van der Waals surface area (Å²) in [6, 6.07) is 0. The largest absolute Gasteiger partial charge is 0.383 e. The van der Waals surface area contributed by atoms with Crippen molar-refractivity contribution in [2.75, 3.05) is 34.0 Å². The molecule has 1 aliphatic heterocycles. The predicted octanol–water partition coefficient (Wildman–Crippen LogP) is 0.433. The molecule has 1 fully saturated rings. The number of rotatable bonds is 4. The third-order valence-corrected chi connectivity index (χ3v) is 1.94. The van der Waals surface area contributed by atoms with Gasteiger partial charge in [0.1, 0.15) is 0 Å². The normalized spacial score (nSPS) is 20.2. The summed E-state index contributed by atoms with van der Waals surface area (Å²) in [5, 5.41) is 3.31. The van der Waals surface area contributed by atoms with Crippen LogP contribution in [0.2, 0.25) is 0 Å². The van der Waals surface area contributed by atoms with Crippen LogP contribution < -0.4 is 5.32 Å². The standard InChI is InChI=1S/C7H15NO2.ClH/c1-9-5-7(6-10-2)3-4-8-7;/h8H,3-6H2,1-2H3;1H. The van der Waals surface area contributed by atoms with Gasteiger partial charge in [-0.3, -0.25) is 0 Å². The summed E-state index contributed by atoms with van der Waals surface area (Å²) < 4.78 is 10.1. The predicted molar refractivity (Wildman–Crippen MR) is 46.4 cm³/mol. The molecule has 0 bridgehead atoms. The lowest BCUT2D eigenvalue weighted by Gasteiger charge is -2.41. The zero-order chi connectivity index (χ0) is 7.45. The van der Waals surface area contributed by atoms with E-state index >= 15 is 0 Å². The van der Waals surface area contributed by atoms with Gasteiger partial charge in [-0.1, -0.05) is 0 Å². The molecule has 68 valence electrons. The highest BCUT2D eigenvalue weighted by Crippen LogP contribution is 2.18. The lowest BCUT2D eigenvalue weighted by atomic mass is 9.90. The van der Waals surface area contributed by atoms with Gasteiger partial charge in [-0.25, -0.2) is 0 Å². The highest BCUT2D eigenvalue weighted by atomic mass is 35.5. The molecule has 1 aliphatic rings. The Labute approximate surface area is 73.9 Å². The van der Waals surface area contributed by atoms with Crippen LogP contribution >= 0.6 is 12.4 Å². The van der Waals surface area contributed by atoms with Gasteiger partial charge in [0.2, 0.25) is 0 Å². The van der Waals surface area contributed by atoms with Crippen molar-refractivity contribution in [2.24, 2.45) is 0 Å². The molecule has 0 radical (unpaired) electrons. The maximum absolute atomic E-state index is 5.06. The van der Waals surface area contributed by atoms with Crippen molar-refractivity contribution in [3.63, 3.8) is 0 Å². The van der Waals surface area contributed by atoms with Crippen LogP contribution in [0, 0.1) is 0 Å². The molecular formula is C7H16ClNO2. The number of hydrogen-bond donors (Lipinski definition) is 1. The zero-order valence-electron chi connectivity index (χ0n) is 7.05.